The predicted octanol–water partition coefficient (Wildman–Crippen LogP) is 2.12. The van der Waals surface area contributed by atoms with Crippen LogP contribution in [0, 0.1) is 5.92 Å². The van der Waals surface area contributed by atoms with Crippen molar-refractivity contribution >= 4 is 0 Å². The highest BCUT2D eigenvalue weighted by Crippen LogP contribution is 2.27. The lowest BCUT2D eigenvalue weighted by molar-refractivity contribution is 0.0739. The number of aryl methyl sites for hydroxylation is 3. The zero-order valence-electron chi connectivity index (χ0n) is 15.2. The number of aromatic nitrogens is 3. The molecule has 0 N–H and O–H groups in total. The van der Waals surface area contributed by atoms with E-state index < -0.39 is 0 Å². The van der Waals surface area contributed by atoms with Gasteiger partial charge in [-0.1, -0.05) is 5.16 Å². The van der Waals surface area contributed by atoms with Gasteiger partial charge in [-0.15, -0.1) is 0 Å². The molecule has 6 heteroatoms. The highest BCUT2D eigenvalue weighted by Gasteiger charge is 2.30. The number of fused-ring (bicyclic) bond motifs is 2. The fourth-order valence-corrected chi connectivity index (χ4v) is 4.68. The summed E-state index contributed by atoms with van der Waals surface area (Å²) in [6.07, 6.45) is 9.02. The minimum absolute atomic E-state index is 0.0645. The lowest BCUT2D eigenvalue weighted by atomic mass is 9.95. The van der Waals surface area contributed by atoms with Crippen molar-refractivity contribution in [2.24, 2.45) is 5.92 Å². The van der Waals surface area contributed by atoms with E-state index in [2.05, 4.69) is 15.2 Å². The highest BCUT2D eigenvalue weighted by molar-refractivity contribution is 5.25. The Balaban J connectivity index is 1.20. The van der Waals surface area contributed by atoms with Crippen molar-refractivity contribution in [1.82, 2.24) is 19.8 Å². The average molecular weight is 354 g/mol. The second-order valence-electron chi connectivity index (χ2n) is 8.14. The van der Waals surface area contributed by atoms with Crippen LogP contribution in [0.4, 0.5) is 0 Å². The van der Waals surface area contributed by atoms with Gasteiger partial charge in [-0.2, -0.15) is 5.10 Å². The van der Waals surface area contributed by atoms with Crippen LogP contribution in [-0.2, 0) is 38.8 Å². The fraction of sp³-hybridized carbons (Fsp3) is 0.650. The highest BCUT2D eigenvalue weighted by atomic mass is 16.5. The van der Waals surface area contributed by atoms with Gasteiger partial charge >= 0.3 is 0 Å². The van der Waals surface area contributed by atoms with E-state index in [1.54, 1.807) is 4.68 Å². The number of likely N-dealkylation sites (tertiary alicyclic amines) is 1. The topological polar surface area (TPSA) is 64.2 Å². The standard InChI is InChI=1S/C20H26N4O2/c25-20-9-15-5-1-3-7-17(15)21-24(20)12-14-10-23(11-14)13-18-16-6-2-4-8-19(16)26-22-18/h9,14H,1-8,10-13H2. The Bertz CT molecular complexity index is 863. The van der Waals surface area contributed by atoms with Crippen molar-refractivity contribution in [1.29, 1.82) is 0 Å². The van der Waals surface area contributed by atoms with E-state index in [9.17, 15) is 4.79 Å². The molecular weight excluding hydrogens is 328 g/mol. The van der Waals surface area contributed by atoms with Gasteiger partial charge < -0.3 is 4.52 Å². The van der Waals surface area contributed by atoms with Gasteiger partial charge in [-0.05, 0) is 50.5 Å². The Morgan fingerprint density at radius 1 is 1.08 bits per heavy atom. The van der Waals surface area contributed by atoms with E-state index in [1.165, 1.54) is 36.8 Å². The maximum atomic E-state index is 12.3. The van der Waals surface area contributed by atoms with Crippen LogP contribution in [0.15, 0.2) is 15.4 Å². The molecule has 0 radical (unpaired) electrons. The van der Waals surface area contributed by atoms with Crippen LogP contribution in [0.2, 0.25) is 0 Å². The fourth-order valence-electron chi connectivity index (χ4n) is 4.68. The number of hydrogen-bond acceptors (Lipinski definition) is 5. The average Bonchev–Trinajstić information content (AvgIpc) is 3.03. The maximum absolute atomic E-state index is 12.3. The largest absolute Gasteiger partial charge is 0.361 e. The number of hydrogen-bond donors (Lipinski definition) is 0. The number of rotatable bonds is 4. The molecule has 0 saturated carbocycles. The van der Waals surface area contributed by atoms with Gasteiger partial charge in [0.05, 0.1) is 12.2 Å². The summed E-state index contributed by atoms with van der Waals surface area (Å²) in [5.74, 6) is 1.61. The molecule has 2 aliphatic carbocycles. The molecule has 5 rings (SSSR count). The normalized spacial score (nSPS) is 20.5. The Morgan fingerprint density at radius 2 is 1.88 bits per heavy atom. The third-order valence-electron chi connectivity index (χ3n) is 6.14. The van der Waals surface area contributed by atoms with Crippen LogP contribution in [0.5, 0.6) is 0 Å². The molecule has 0 amide bonds. The van der Waals surface area contributed by atoms with Gasteiger partial charge in [0.2, 0.25) is 0 Å². The van der Waals surface area contributed by atoms with Gasteiger partial charge in [0.25, 0.3) is 5.56 Å². The first-order chi connectivity index (χ1) is 12.8. The lowest BCUT2D eigenvalue weighted by Crippen LogP contribution is -2.49. The van der Waals surface area contributed by atoms with E-state index in [-0.39, 0.29) is 5.56 Å². The zero-order valence-corrected chi connectivity index (χ0v) is 15.2. The summed E-state index contributed by atoms with van der Waals surface area (Å²) in [7, 11) is 0. The zero-order chi connectivity index (χ0) is 17.5. The molecular formula is C20H26N4O2. The molecule has 138 valence electrons. The molecule has 6 nitrogen and oxygen atoms in total. The quantitative estimate of drug-likeness (QED) is 0.841. The van der Waals surface area contributed by atoms with E-state index in [0.717, 1.165) is 69.0 Å². The first kappa shape index (κ1) is 16.2. The minimum Gasteiger partial charge on any atom is -0.361 e. The van der Waals surface area contributed by atoms with Gasteiger partial charge in [-0.3, -0.25) is 9.69 Å². The molecule has 2 aromatic rings. The summed E-state index contributed by atoms with van der Waals surface area (Å²) in [5.41, 5.74) is 4.86. The van der Waals surface area contributed by atoms with Gasteiger partial charge in [0.15, 0.2) is 0 Å². The second kappa shape index (κ2) is 6.65. The SMILES string of the molecule is O=c1cc2c(nn1CC1CN(Cc3noc4c3CCCC4)C1)CCCC2. The van der Waals surface area contributed by atoms with Crippen LogP contribution in [0.1, 0.15) is 54.0 Å². The third kappa shape index (κ3) is 3.00. The molecule has 3 aliphatic rings. The van der Waals surface area contributed by atoms with Crippen LogP contribution in [-0.4, -0.2) is 32.9 Å². The second-order valence-corrected chi connectivity index (χ2v) is 8.14. The summed E-state index contributed by atoms with van der Waals surface area (Å²) in [6, 6.07) is 1.82. The molecule has 0 bridgehead atoms. The van der Waals surface area contributed by atoms with E-state index in [4.69, 9.17) is 4.52 Å². The Hall–Kier alpha value is -1.95. The van der Waals surface area contributed by atoms with Crippen molar-refractivity contribution in [3.8, 4) is 0 Å². The van der Waals surface area contributed by atoms with E-state index in [1.807, 2.05) is 6.07 Å². The molecule has 26 heavy (non-hydrogen) atoms. The molecule has 0 atom stereocenters. The first-order valence-corrected chi connectivity index (χ1v) is 10.0. The third-order valence-corrected chi connectivity index (χ3v) is 6.14. The number of nitrogens with zero attached hydrogens (tertiary/aromatic N) is 4. The van der Waals surface area contributed by atoms with Gasteiger partial charge in [0, 0.05) is 43.6 Å². The molecule has 0 spiro atoms. The Kier molecular flexibility index (Phi) is 4.15. The van der Waals surface area contributed by atoms with Crippen molar-refractivity contribution < 1.29 is 4.52 Å². The minimum atomic E-state index is 0.0645. The Morgan fingerprint density at radius 3 is 2.81 bits per heavy atom. The first-order valence-electron chi connectivity index (χ1n) is 10.0. The van der Waals surface area contributed by atoms with Crippen LogP contribution in [0.3, 0.4) is 0 Å². The maximum Gasteiger partial charge on any atom is 0.267 e. The lowest BCUT2D eigenvalue weighted by Gasteiger charge is -2.39. The van der Waals surface area contributed by atoms with Crippen LogP contribution >= 0.6 is 0 Å². The van der Waals surface area contributed by atoms with Gasteiger partial charge in [-0.25, -0.2) is 4.68 Å². The van der Waals surface area contributed by atoms with Crippen LogP contribution < -0.4 is 5.56 Å². The molecule has 1 saturated heterocycles. The molecule has 0 unspecified atom stereocenters. The summed E-state index contributed by atoms with van der Waals surface area (Å²) < 4.78 is 7.21. The molecule has 2 aromatic heterocycles. The van der Waals surface area contributed by atoms with Crippen molar-refractivity contribution in [3.05, 3.63) is 44.7 Å². The van der Waals surface area contributed by atoms with Crippen molar-refractivity contribution in [2.75, 3.05) is 13.1 Å². The Labute approximate surface area is 153 Å². The summed E-state index contributed by atoms with van der Waals surface area (Å²) in [6.45, 7) is 3.63. The molecule has 1 fully saturated rings. The van der Waals surface area contributed by atoms with Gasteiger partial charge in [0.1, 0.15) is 11.5 Å². The molecule has 0 aromatic carbocycles. The summed E-state index contributed by atoms with van der Waals surface area (Å²) >= 11 is 0. The van der Waals surface area contributed by atoms with Crippen molar-refractivity contribution in [2.45, 2.75) is 64.5 Å². The molecule has 1 aliphatic heterocycles. The monoisotopic (exact) mass is 354 g/mol. The predicted molar refractivity (Wildman–Crippen MR) is 97.1 cm³/mol. The summed E-state index contributed by atoms with van der Waals surface area (Å²) in [4.78, 5) is 14.7. The van der Waals surface area contributed by atoms with E-state index >= 15 is 0 Å². The molecule has 3 heterocycles. The van der Waals surface area contributed by atoms with E-state index in [0.29, 0.717) is 5.92 Å². The van der Waals surface area contributed by atoms with Crippen LogP contribution in [0.25, 0.3) is 0 Å². The smallest absolute Gasteiger partial charge is 0.267 e. The summed E-state index contributed by atoms with van der Waals surface area (Å²) in [5, 5.41) is 8.96. The van der Waals surface area contributed by atoms with Crippen molar-refractivity contribution in [3.63, 3.8) is 0 Å².